The van der Waals surface area contributed by atoms with Crippen LogP contribution in [0.25, 0.3) is 0 Å². The van der Waals surface area contributed by atoms with Crippen molar-refractivity contribution in [3.05, 3.63) is 0 Å². The summed E-state index contributed by atoms with van der Waals surface area (Å²) in [5.74, 6) is -0.610. The van der Waals surface area contributed by atoms with Crippen LogP contribution >= 0.6 is 0 Å². The Kier molecular flexibility index (Phi) is 4.12. The fourth-order valence-electron chi connectivity index (χ4n) is 2.22. The number of carbonyl (C=O) groups is 2. The molecule has 0 bridgehead atoms. The van der Waals surface area contributed by atoms with Crippen LogP contribution in [-0.2, 0) is 9.59 Å². The summed E-state index contributed by atoms with van der Waals surface area (Å²) in [5.41, 5.74) is 0. The van der Waals surface area contributed by atoms with E-state index in [4.69, 9.17) is 1.37 Å². The molecule has 5 heteroatoms. The van der Waals surface area contributed by atoms with Crippen LogP contribution in [0.1, 0.15) is 27.5 Å². The van der Waals surface area contributed by atoms with E-state index in [1.54, 1.807) is 6.92 Å². The normalized spacial score (nSPS) is 24.1. The molecule has 0 saturated carbocycles. The summed E-state index contributed by atoms with van der Waals surface area (Å²) in [5, 5.41) is 9.36. The molecule has 1 heterocycles. The van der Waals surface area contributed by atoms with E-state index in [1.807, 2.05) is 14.1 Å². The molecule has 0 aliphatic carbocycles. The molecular formula is C12H23N2O3+. The summed E-state index contributed by atoms with van der Waals surface area (Å²) in [6.45, 7) is 3.56. The Labute approximate surface area is 104 Å². The Morgan fingerprint density at radius 1 is 1.47 bits per heavy atom. The molecule has 1 N–H and O–H groups in total. The van der Waals surface area contributed by atoms with Crippen molar-refractivity contribution < 1.29 is 20.5 Å². The van der Waals surface area contributed by atoms with E-state index in [2.05, 4.69) is 0 Å². The van der Waals surface area contributed by atoms with E-state index in [0.717, 1.165) is 6.54 Å². The van der Waals surface area contributed by atoms with Crippen molar-refractivity contribution in [1.29, 1.82) is 0 Å². The monoisotopic (exact) mass is 244 g/mol. The lowest BCUT2D eigenvalue weighted by atomic mass is 10.3. The smallest absolute Gasteiger partial charge is 0.229 e. The van der Waals surface area contributed by atoms with Gasteiger partial charge >= 0.3 is 0 Å². The number of aliphatic hydroxyl groups excluding tert-OH is 1. The van der Waals surface area contributed by atoms with Gasteiger partial charge in [0.15, 0.2) is 0 Å². The first kappa shape index (κ1) is 12.5. The van der Waals surface area contributed by atoms with Crippen molar-refractivity contribution >= 4 is 11.8 Å². The maximum absolute atomic E-state index is 11.5. The van der Waals surface area contributed by atoms with Gasteiger partial charge in [-0.05, 0) is 6.92 Å². The molecule has 1 aliphatic rings. The fraction of sp³-hybridized carbons (Fsp3) is 0.833. The molecule has 2 atom stereocenters. The number of amides is 2. The number of aliphatic hydroxyl groups is 1. The highest BCUT2D eigenvalue weighted by Crippen LogP contribution is 2.12. The van der Waals surface area contributed by atoms with Gasteiger partial charge in [-0.2, -0.15) is 0 Å². The van der Waals surface area contributed by atoms with Crippen LogP contribution in [0.15, 0.2) is 0 Å². The molecule has 0 spiro atoms. The Hall–Kier alpha value is -0.940. The highest BCUT2D eigenvalue weighted by molar-refractivity contribution is 6.01. The van der Waals surface area contributed by atoms with Gasteiger partial charge in [-0.25, -0.2) is 0 Å². The van der Waals surface area contributed by atoms with Gasteiger partial charge in [-0.15, -0.1) is 0 Å². The van der Waals surface area contributed by atoms with E-state index in [9.17, 15) is 14.7 Å². The summed E-state index contributed by atoms with van der Waals surface area (Å²) in [6.07, 6.45) is -0.556. The molecule has 5 nitrogen and oxygen atoms in total. The van der Waals surface area contributed by atoms with E-state index in [0.29, 0.717) is 24.0 Å². The van der Waals surface area contributed by atoms with Gasteiger partial charge in [0.2, 0.25) is 11.8 Å². The van der Waals surface area contributed by atoms with E-state index in [1.165, 1.54) is 4.90 Å². The van der Waals surface area contributed by atoms with Gasteiger partial charge in [-0.3, -0.25) is 14.5 Å². The number of nitrogens with zero attached hydrogens (tertiary/aromatic N) is 2. The molecular weight excluding hydrogens is 220 g/mol. The third kappa shape index (κ3) is 4.44. The number of hydrogen-bond donors (Lipinski definition) is 1. The number of quaternary nitrogens is 1. The number of hydrogen-bond acceptors (Lipinski definition) is 3. The molecule has 1 fully saturated rings. The molecule has 2 amide bonds. The van der Waals surface area contributed by atoms with Crippen molar-refractivity contribution in [2.45, 2.75) is 32.3 Å². The predicted molar refractivity (Wildman–Crippen MR) is 64.1 cm³/mol. The third-order valence-corrected chi connectivity index (χ3v) is 2.92. The maximum atomic E-state index is 11.5. The van der Waals surface area contributed by atoms with Crippen LogP contribution in [0.4, 0.5) is 0 Å². The number of likely N-dealkylation sites (N-methyl/N-ethyl adjacent to an activating group) is 1. The fourth-order valence-corrected chi connectivity index (χ4v) is 2.22. The summed E-state index contributed by atoms with van der Waals surface area (Å²) in [4.78, 5) is 24.2. The van der Waals surface area contributed by atoms with Crippen molar-refractivity contribution in [2.24, 2.45) is 0 Å². The Morgan fingerprint density at radius 3 is 2.59 bits per heavy atom. The highest BCUT2D eigenvalue weighted by atomic mass is 16.3. The SMILES string of the molecule is [2H]C1CC(=O)N(CCC[N+](C)(C)CC(C)O)C1=O. The van der Waals surface area contributed by atoms with Gasteiger partial charge in [0.1, 0.15) is 12.6 Å². The summed E-state index contributed by atoms with van der Waals surface area (Å²) < 4.78 is 8.05. The average Bonchev–Trinajstić information content (AvgIpc) is 2.42. The molecule has 1 rings (SSSR count). The second-order valence-electron chi connectivity index (χ2n) is 5.34. The molecule has 2 unspecified atom stereocenters. The van der Waals surface area contributed by atoms with Gasteiger partial charge in [0.25, 0.3) is 0 Å². The molecule has 0 aromatic rings. The largest absolute Gasteiger partial charge is 0.388 e. The van der Waals surface area contributed by atoms with Gasteiger partial charge in [-0.1, -0.05) is 0 Å². The zero-order chi connectivity index (χ0) is 13.9. The van der Waals surface area contributed by atoms with Gasteiger partial charge in [0, 0.05) is 27.2 Å². The van der Waals surface area contributed by atoms with Crippen molar-refractivity contribution in [1.82, 2.24) is 4.90 Å². The van der Waals surface area contributed by atoms with E-state index < -0.39 is 6.40 Å². The standard InChI is InChI=1S/C12H23N2O3/c1-10(15)9-14(2,3)8-4-7-13-11(16)5-6-12(13)17/h10,15H,4-9H2,1-3H3/q+1/i5D. The Morgan fingerprint density at radius 2 is 2.12 bits per heavy atom. The van der Waals surface area contributed by atoms with Crippen molar-refractivity contribution in [2.75, 3.05) is 33.7 Å². The second kappa shape index (κ2) is 5.60. The molecule has 0 radical (unpaired) electrons. The summed E-state index contributed by atoms with van der Waals surface area (Å²) in [6, 6.07) is 0. The summed E-state index contributed by atoms with van der Waals surface area (Å²) in [7, 11) is 4.02. The molecule has 0 aromatic heterocycles. The number of carbonyl (C=O) groups excluding carboxylic acids is 2. The van der Waals surface area contributed by atoms with Crippen LogP contribution < -0.4 is 0 Å². The van der Waals surface area contributed by atoms with Crippen LogP contribution in [-0.4, -0.2) is 66.1 Å². The van der Waals surface area contributed by atoms with Crippen LogP contribution in [0.5, 0.6) is 0 Å². The van der Waals surface area contributed by atoms with Crippen LogP contribution in [0.3, 0.4) is 0 Å². The molecule has 0 aromatic carbocycles. The van der Waals surface area contributed by atoms with Crippen molar-refractivity contribution in [3.8, 4) is 0 Å². The minimum atomic E-state index is -0.905. The first-order valence-corrected chi connectivity index (χ1v) is 5.99. The van der Waals surface area contributed by atoms with Crippen LogP contribution in [0.2, 0.25) is 0 Å². The molecule has 98 valence electrons. The van der Waals surface area contributed by atoms with Crippen LogP contribution in [0, 0.1) is 0 Å². The first-order chi connectivity index (χ1) is 8.23. The predicted octanol–water partition coefficient (Wildman–Crippen LogP) is -0.0173. The van der Waals surface area contributed by atoms with Crippen molar-refractivity contribution in [3.63, 3.8) is 0 Å². The third-order valence-electron chi connectivity index (χ3n) is 2.92. The Bertz CT molecular complexity index is 331. The first-order valence-electron chi connectivity index (χ1n) is 6.57. The molecule has 1 aliphatic heterocycles. The molecule has 17 heavy (non-hydrogen) atoms. The second-order valence-corrected chi connectivity index (χ2v) is 5.34. The topological polar surface area (TPSA) is 57.6 Å². The van der Waals surface area contributed by atoms with Gasteiger partial charge < -0.3 is 9.59 Å². The highest BCUT2D eigenvalue weighted by Gasteiger charge is 2.29. The average molecular weight is 244 g/mol. The molecule has 1 saturated heterocycles. The maximum Gasteiger partial charge on any atom is 0.229 e. The Balaban J connectivity index is 2.38. The zero-order valence-corrected chi connectivity index (χ0v) is 10.8. The number of rotatable bonds is 6. The lowest BCUT2D eigenvalue weighted by Crippen LogP contribution is -2.46. The number of likely N-dealkylation sites (tertiary alicyclic amines) is 1. The minimum Gasteiger partial charge on any atom is -0.388 e. The number of imide groups is 1. The minimum absolute atomic E-state index is 0.0186. The quantitative estimate of drug-likeness (QED) is 0.528. The van der Waals surface area contributed by atoms with E-state index >= 15 is 0 Å². The lowest BCUT2D eigenvalue weighted by molar-refractivity contribution is -0.893. The summed E-state index contributed by atoms with van der Waals surface area (Å²) >= 11 is 0. The zero-order valence-electron chi connectivity index (χ0n) is 11.8. The van der Waals surface area contributed by atoms with Gasteiger partial charge in [0.05, 0.1) is 20.6 Å². The van der Waals surface area contributed by atoms with E-state index in [-0.39, 0.29) is 24.3 Å². The lowest BCUT2D eigenvalue weighted by Gasteiger charge is -2.31.